The van der Waals surface area contributed by atoms with Gasteiger partial charge in [-0.2, -0.15) is 0 Å². The molecule has 0 spiro atoms. The lowest BCUT2D eigenvalue weighted by Gasteiger charge is -2.30. The van der Waals surface area contributed by atoms with Crippen LogP contribution in [0.15, 0.2) is 0 Å². The Kier molecular flexibility index (Phi) is 4.53. The first-order chi connectivity index (χ1) is 7.84. The summed E-state index contributed by atoms with van der Waals surface area (Å²) in [6.45, 7) is 8.12. The average molecular weight is 227 g/mol. The van der Waals surface area contributed by atoms with Crippen molar-refractivity contribution in [2.45, 2.75) is 0 Å². The van der Waals surface area contributed by atoms with Crippen LogP contribution < -0.4 is 16.1 Å². The molecule has 6 nitrogen and oxygen atoms in total. The summed E-state index contributed by atoms with van der Waals surface area (Å²) in [4.78, 5) is 13.9. The zero-order valence-electron chi connectivity index (χ0n) is 9.67. The Morgan fingerprint density at radius 1 is 1.00 bits per heavy atom. The third kappa shape index (κ3) is 3.71. The van der Waals surface area contributed by atoms with Crippen LogP contribution in [0.1, 0.15) is 0 Å². The van der Waals surface area contributed by atoms with E-state index in [1.807, 2.05) is 5.01 Å². The molecule has 0 unspecified atom stereocenters. The lowest BCUT2D eigenvalue weighted by molar-refractivity contribution is -0.127. The van der Waals surface area contributed by atoms with E-state index in [1.54, 1.807) is 0 Å². The molecule has 0 aromatic carbocycles. The lowest BCUT2D eigenvalue weighted by Crippen LogP contribution is -2.55. The van der Waals surface area contributed by atoms with Gasteiger partial charge in [-0.3, -0.25) is 15.1 Å². The van der Waals surface area contributed by atoms with Gasteiger partial charge in [0.05, 0.1) is 6.54 Å². The van der Waals surface area contributed by atoms with Crippen molar-refractivity contribution in [1.82, 2.24) is 26.0 Å². The van der Waals surface area contributed by atoms with Crippen molar-refractivity contribution in [1.29, 1.82) is 0 Å². The molecule has 92 valence electrons. The van der Waals surface area contributed by atoms with Crippen LogP contribution in [-0.4, -0.2) is 74.7 Å². The van der Waals surface area contributed by atoms with Gasteiger partial charge in [0.2, 0.25) is 5.91 Å². The first-order valence-electron chi connectivity index (χ1n) is 6.03. The van der Waals surface area contributed by atoms with Gasteiger partial charge in [0.15, 0.2) is 0 Å². The van der Waals surface area contributed by atoms with Crippen LogP contribution >= 0.6 is 0 Å². The van der Waals surface area contributed by atoms with Gasteiger partial charge in [0.25, 0.3) is 0 Å². The van der Waals surface area contributed by atoms with E-state index in [-0.39, 0.29) is 5.91 Å². The molecule has 3 N–H and O–H groups in total. The molecule has 1 amide bonds. The van der Waals surface area contributed by atoms with Crippen LogP contribution in [0.3, 0.4) is 0 Å². The molecule has 0 radical (unpaired) electrons. The number of nitrogens with one attached hydrogen (secondary N) is 3. The zero-order chi connectivity index (χ0) is 11.2. The number of piperazine rings is 2. The molecule has 0 bridgehead atoms. The van der Waals surface area contributed by atoms with Crippen molar-refractivity contribution in [3.8, 4) is 0 Å². The highest BCUT2D eigenvalue weighted by molar-refractivity contribution is 5.77. The van der Waals surface area contributed by atoms with Crippen LogP contribution in [0.4, 0.5) is 0 Å². The number of hydrogen-bond donors (Lipinski definition) is 3. The van der Waals surface area contributed by atoms with E-state index in [4.69, 9.17) is 0 Å². The van der Waals surface area contributed by atoms with Gasteiger partial charge in [0.1, 0.15) is 0 Å². The summed E-state index contributed by atoms with van der Waals surface area (Å²) in [6, 6.07) is 0. The summed E-state index contributed by atoms with van der Waals surface area (Å²) in [5, 5.41) is 8.54. The van der Waals surface area contributed by atoms with E-state index in [2.05, 4.69) is 21.0 Å². The topological polar surface area (TPSA) is 59.6 Å². The normalized spacial score (nSPS) is 24.2. The largest absolute Gasteiger partial charge is 0.314 e. The molecule has 0 aromatic heterocycles. The first kappa shape index (κ1) is 11.8. The predicted molar refractivity (Wildman–Crippen MR) is 61.9 cm³/mol. The zero-order valence-corrected chi connectivity index (χ0v) is 9.67. The second kappa shape index (κ2) is 6.15. The highest BCUT2D eigenvalue weighted by atomic mass is 16.2. The Morgan fingerprint density at radius 2 is 1.56 bits per heavy atom. The van der Waals surface area contributed by atoms with Gasteiger partial charge < -0.3 is 10.6 Å². The lowest BCUT2D eigenvalue weighted by atomic mass is 10.3. The fourth-order valence-corrected chi connectivity index (χ4v) is 2.06. The molecule has 0 aromatic rings. The molecule has 2 saturated heterocycles. The molecule has 16 heavy (non-hydrogen) atoms. The fraction of sp³-hybridized carbons (Fsp3) is 0.900. The summed E-state index contributed by atoms with van der Waals surface area (Å²) in [5.74, 6) is 0.115. The summed E-state index contributed by atoms with van der Waals surface area (Å²) in [5.41, 5.74) is 2.96. The van der Waals surface area contributed by atoms with Crippen molar-refractivity contribution < 1.29 is 4.79 Å². The van der Waals surface area contributed by atoms with E-state index >= 15 is 0 Å². The number of carbonyl (C=O) groups is 1. The number of carbonyl (C=O) groups excluding carboxylic acids is 1. The number of hydrogen-bond acceptors (Lipinski definition) is 5. The van der Waals surface area contributed by atoms with Gasteiger partial charge in [-0.1, -0.05) is 0 Å². The van der Waals surface area contributed by atoms with E-state index in [0.717, 1.165) is 52.4 Å². The van der Waals surface area contributed by atoms with E-state index in [9.17, 15) is 4.79 Å². The quantitative estimate of drug-likeness (QED) is 0.512. The molecule has 2 rings (SSSR count). The summed E-state index contributed by atoms with van der Waals surface area (Å²) in [6.07, 6.45) is 0. The molecule has 2 heterocycles. The summed E-state index contributed by atoms with van der Waals surface area (Å²) in [7, 11) is 0. The van der Waals surface area contributed by atoms with Gasteiger partial charge in [-0.05, 0) is 0 Å². The second-order valence-electron chi connectivity index (χ2n) is 4.30. The van der Waals surface area contributed by atoms with Crippen LogP contribution in [-0.2, 0) is 4.79 Å². The molecule has 2 aliphatic heterocycles. The van der Waals surface area contributed by atoms with E-state index < -0.39 is 0 Å². The maximum absolute atomic E-state index is 11.7. The van der Waals surface area contributed by atoms with Crippen LogP contribution in [0.25, 0.3) is 0 Å². The van der Waals surface area contributed by atoms with Crippen molar-refractivity contribution in [2.24, 2.45) is 0 Å². The number of hydrazine groups is 1. The number of nitrogens with zero attached hydrogens (tertiary/aromatic N) is 2. The minimum absolute atomic E-state index is 0.115. The molecule has 2 fully saturated rings. The maximum Gasteiger partial charge on any atom is 0.248 e. The monoisotopic (exact) mass is 227 g/mol. The van der Waals surface area contributed by atoms with Gasteiger partial charge >= 0.3 is 0 Å². The molecule has 0 saturated carbocycles. The molecule has 0 aliphatic carbocycles. The summed E-state index contributed by atoms with van der Waals surface area (Å²) < 4.78 is 0. The maximum atomic E-state index is 11.7. The van der Waals surface area contributed by atoms with Gasteiger partial charge in [-0.25, -0.2) is 5.01 Å². The number of rotatable bonds is 3. The third-order valence-electron chi connectivity index (χ3n) is 2.98. The van der Waals surface area contributed by atoms with Crippen molar-refractivity contribution in [2.75, 3.05) is 58.9 Å². The minimum atomic E-state index is 0.115. The Bertz CT molecular complexity index is 201. The summed E-state index contributed by atoms with van der Waals surface area (Å²) >= 11 is 0. The van der Waals surface area contributed by atoms with Crippen LogP contribution in [0.2, 0.25) is 0 Å². The van der Waals surface area contributed by atoms with Crippen LogP contribution in [0, 0.1) is 0 Å². The predicted octanol–water partition coefficient (Wildman–Crippen LogP) is -2.17. The van der Waals surface area contributed by atoms with Gasteiger partial charge in [-0.15, -0.1) is 0 Å². The average Bonchev–Trinajstić information content (AvgIpc) is 2.31. The Labute approximate surface area is 96.3 Å². The molecule has 2 aliphatic rings. The van der Waals surface area contributed by atoms with Crippen LogP contribution in [0.5, 0.6) is 0 Å². The Hall–Kier alpha value is -0.690. The Balaban J connectivity index is 1.66. The highest BCUT2D eigenvalue weighted by Gasteiger charge is 2.16. The second-order valence-corrected chi connectivity index (χ2v) is 4.30. The SMILES string of the molecule is O=C(CN1CCNCC1)NN1CCNCC1. The molecule has 6 heteroatoms. The van der Waals surface area contributed by atoms with Crippen molar-refractivity contribution >= 4 is 5.91 Å². The molecular formula is C10H21N5O. The highest BCUT2D eigenvalue weighted by Crippen LogP contribution is 1.92. The number of amides is 1. The van der Waals surface area contributed by atoms with E-state index in [0.29, 0.717) is 6.54 Å². The van der Waals surface area contributed by atoms with Crippen molar-refractivity contribution in [3.63, 3.8) is 0 Å². The third-order valence-corrected chi connectivity index (χ3v) is 2.98. The van der Waals surface area contributed by atoms with Crippen molar-refractivity contribution in [3.05, 3.63) is 0 Å². The molecule has 0 atom stereocenters. The first-order valence-corrected chi connectivity index (χ1v) is 6.03. The fourth-order valence-electron chi connectivity index (χ4n) is 2.06. The Morgan fingerprint density at radius 3 is 2.19 bits per heavy atom. The smallest absolute Gasteiger partial charge is 0.248 e. The minimum Gasteiger partial charge on any atom is -0.314 e. The van der Waals surface area contributed by atoms with E-state index in [1.165, 1.54) is 0 Å². The van der Waals surface area contributed by atoms with Gasteiger partial charge in [0, 0.05) is 52.4 Å². The molecular weight excluding hydrogens is 206 g/mol. The standard InChI is InChI=1S/C10H21N5O/c16-10(9-14-5-1-11-2-6-14)13-15-7-3-12-4-8-15/h11-12H,1-9H2,(H,13,16).